The summed E-state index contributed by atoms with van der Waals surface area (Å²) in [5.74, 6) is 1.54. The van der Waals surface area contributed by atoms with Crippen LogP contribution in [-0.2, 0) is 11.3 Å². The van der Waals surface area contributed by atoms with Crippen LogP contribution in [0.3, 0.4) is 0 Å². The minimum absolute atomic E-state index is 0.00361. The summed E-state index contributed by atoms with van der Waals surface area (Å²) in [5.41, 5.74) is 2.19. The van der Waals surface area contributed by atoms with E-state index in [0.717, 1.165) is 22.6 Å². The summed E-state index contributed by atoms with van der Waals surface area (Å²) in [4.78, 5) is 14.5. The Bertz CT molecular complexity index is 1000. The molecule has 0 aromatic heterocycles. The second kappa shape index (κ2) is 7.90. The summed E-state index contributed by atoms with van der Waals surface area (Å²) in [5, 5.41) is 5.48. The van der Waals surface area contributed by atoms with E-state index in [-0.39, 0.29) is 18.7 Å². The van der Waals surface area contributed by atoms with Gasteiger partial charge in [0, 0.05) is 6.54 Å². The second-order valence-electron chi connectivity index (χ2n) is 7.26. The molecule has 1 unspecified atom stereocenters. The molecule has 0 saturated carbocycles. The molecule has 0 aliphatic carbocycles. The first-order chi connectivity index (χ1) is 13.6. The minimum Gasteiger partial charge on any atom is -0.454 e. The average Bonchev–Trinajstić information content (AvgIpc) is 3.15. The van der Waals surface area contributed by atoms with E-state index in [1.54, 1.807) is 0 Å². The molecule has 0 bridgehead atoms. The number of carbonyl (C=O) groups is 1. The van der Waals surface area contributed by atoms with Gasteiger partial charge in [-0.2, -0.15) is 0 Å². The molecule has 5 heteroatoms. The molecule has 144 valence electrons. The van der Waals surface area contributed by atoms with Crippen LogP contribution in [0, 0.1) is 0 Å². The van der Waals surface area contributed by atoms with Crippen LogP contribution in [0.4, 0.5) is 0 Å². The maximum absolute atomic E-state index is 12.5. The molecule has 28 heavy (non-hydrogen) atoms. The van der Waals surface area contributed by atoms with Crippen LogP contribution in [0.1, 0.15) is 24.1 Å². The van der Waals surface area contributed by atoms with E-state index in [4.69, 9.17) is 9.47 Å². The van der Waals surface area contributed by atoms with E-state index in [9.17, 15) is 4.79 Å². The van der Waals surface area contributed by atoms with Crippen molar-refractivity contribution in [3.63, 3.8) is 0 Å². The lowest BCUT2D eigenvalue weighted by molar-refractivity contribution is -0.122. The first kappa shape index (κ1) is 18.3. The molecule has 4 rings (SSSR count). The quantitative estimate of drug-likeness (QED) is 0.709. The van der Waals surface area contributed by atoms with Crippen molar-refractivity contribution in [1.82, 2.24) is 10.2 Å². The third-order valence-electron chi connectivity index (χ3n) is 4.95. The van der Waals surface area contributed by atoms with Crippen molar-refractivity contribution in [2.24, 2.45) is 0 Å². The van der Waals surface area contributed by atoms with Gasteiger partial charge in [-0.05, 0) is 54.1 Å². The Labute approximate surface area is 164 Å². The number of carbonyl (C=O) groups excluding carboxylic acids is 1. The Balaban J connectivity index is 1.33. The maximum Gasteiger partial charge on any atom is 0.234 e. The van der Waals surface area contributed by atoms with Crippen molar-refractivity contribution < 1.29 is 14.3 Å². The van der Waals surface area contributed by atoms with E-state index in [2.05, 4.69) is 35.6 Å². The van der Waals surface area contributed by atoms with Crippen LogP contribution in [0.5, 0.6) is 11.5 Å². The van der Waals surface area contributed by atoms with Gasteiger partial charge in [-0.25, -0.2) is 0 Å². The molecular formula is C23H24N2O3. The van der Waals surface area contributed by atoms with E-state index in [1.807, 2.05) is 49.2 Å². The van der Waals surface area contributed by atoms with Gasteiger partial charge in [0.2, 0.25) is 12.7 Å². The Morgan fingerprint density at radius 3 is 2.68 bits per heavy atom. The molecule has 0 radical (unpaired) electrons. The number of rotatable bonds is 6. The molecule has 1 amide bonds. The Hall–Kier alpha value is -3.05. The van der Waals surface area contributed by atoms with Crippen LogP contribution in [0.25, 0.3) is 10.8 Å². The number of amides is 1. The molecule has 1 aliphatic rings. The summed E-state index contributed by atoms with van der Waals surface area (Å²) in [6.45, 7) is 3.27. The first-order valence-corrected chi connectivity index (χ1v) is 9.43. The standard InChI is InChI=1S/C23H24N2O3/c1-16(19-9-8-18-5-3-4-6-20(18)12-19)24-23(26)14-25(2)13-17-7-10-21-22(11-17)28-15-27-21/h3-12,16H,13-15H2,1-2H3,(H,24,26). The van der Waals surface area contributed by atoms with Gasteiger partial charge in [0.15, 0.2) is 11.5 Å². The number of nitrogens with one attached hydrogen (secondary N) is 1. The van der Waals surface area contributed by atoms with E-state index >= 15 is 0 Å². The predicted molar refractivity (Wildman–Crippen MR) is 109 cm³/mol. The molecule has 3 aromatic rings. The smallest absolute Gasteiger partial charge is 0.234 e. The lowest BCUT2D eigenvalue weighted by Crippen LogP contribution is -2.36. The van der Waals surface area contributed by atoms with Gasteiger partial charge in [-0.15, -0.1) is 0 Å². The van der Waals surface area contributed by atoms with Gasteiger partial charge in [0.1, 0.15) is 0 Å². The lowest BCUT2D eigenvalue weighted by atomic mass is 10.0. The van der Waals surface area contributed by atoms with Gasteiger partial charge in [-0.1, -0.05) is 42.5 Å². The fourth-order valence-corrected chi connectivity index (χ4v) is 3.50. The summed E-state index contributed by atoms with van der Waals surface area (Å²) >= 11 is 0. The number of benzene rings is 3. The second-order valence-corrected chi connectivity index (χ2v) is 7.26. The zero-order chi connectivity index (χ0) is 19.5. The molecule has 0 saturated heterocycles. The van der Waals surface area contributed by atoms with E-state index in [1.165, 1.54) is 10.8 Å². The minimum atomic E-state index is -0.0453. The zero-order valence-corrected chi connectivity index (χ0v) is 16.1. The third kappa shape index (κ3) is 4.10. The van der Waals surface area contributed by atoms with Crippen molar-refractivity contribution >= 4 is 16.7 Å². The normalized spacial score (nSPS) is 13.7. The topological polar surface area (TPSA) is 50.8 Å². The Morgan fingerprint density at radius 1 is 1.04 bits per heavy atom. The monoisotopic (exact) mass is 376 g/mol. The lowest BCUT2D eigenvalue weighted by Gasteiger charge is -2.20. The zero-order valence-electron chi connectivity index (χ0n) is 16.1. The highest BCUT2D eigenvalue weighted by Crippen LogP contribution is 2.32. The number of hydrogen-bond donors (Lipinski definition) is 1. The van der Waals surface area contributed by atoms with E-state index < -0.39 is 0 Å². The van der Waals surface area contributed by atoms with E-state index in [0.29, 0.717) is 13.1 Å². The molecule has 0 fully saturated rings. The number of hydrogen-bond acceptors (Lipinski definition) is 4. The molecule has 1 heterocycles. The fraction of sp³-hybridized carbons (Fsp3) is 0.261. The third-order valence-corrected chi connectivity index (χ3v) is 4.95. The maximum atomic E-state index is 12.5. The highest BCUT2D eigenvalue weighted by Gasteiger charge is 2.15. The Kier molecular flexibility index (Phi) is 5.17. The molecule has 1 atom stereocenters. The molecule has 5 nitrogen and oxygen atoms in total. The van der Waals surface area contributed by atoms with Crippen LogP contribution in [-0.4, -0.2) is 31.2 Å². The van der Waals surface area contributed by atoms with Gasteiger partial charge < -0.3 is 14.8 Å². The largest absolute Gasteiger partial charge is 0.454 e. The molecule has 1 N–H and O–H groups in total. The van der Waals surface area contributed by atoms with Crippen molar-refractivity contribution in [3.05, 3.63) is 71.8 Å². The van der Waals surface area contributed by atoms with Crippen molar-refractivity contribution in [1.29, 1.82) is 0 Å². The van der Waals surface area contributed by atoms with Gasteiger partial charge in [-0.3, -0.25) is 9.69 Å². The molecule has 0 spiro atoms. The fourth-order valence-electron chi connectivity index (χ4n) is 3.50. The molecule has 3 aromatic carbocycles. The highest BCUT2D eigenvalue weighted by atomic mass is 16.7. The number of fused-ring (bicyclic) bond motifs is 2. The summed E-state index contributed by atoms with van der Waals surface area (Å²) in [6.07, 6.45) is 0. The van der Waals surface area contributed by atoms with Crippen molar-refractivity contribution in [3.8, 4) is 11.5 Å². The predicted octanol–water partition coefficient (Wildman–Crippen LogP) is 3.88. The summed E-state index contributed by atoms with van der Waals surface area (Å²) in [6, 6.07) is 20.4. The van der Waals surface area contributed by atoms with Gasteiger partial charge in [0.25, 0.3) is 0 Å². The number of ether oxygens (including phenoxy) is 2. The number of likely N-dealkylation sites (N-methyl/N-ethyl adjacent to an activating group) is 1. The molecular weight excluding hydrogens is 352 g/mol. The van der Waals surface area contributed by atoms with Crippen molar-refractivity contribution in [2.45, 2.75) is 19.5 Å². The average molecular weight is 376 g/mol. The van der Waals surface area contributed by atoms with Gasteiger partial charge in [0.05, 0.1) is 12.6 Å². The van der Waals surface area contributed by atoms with Gasteiger partial charge >= 0.3 is 0 Å². The van der Waals surface area contributed by atoms with Crippen LogP contribution in [0.2, 0.25) is 0 Å². The highest BCUT2D eigenvalue weighted by molar-refractivity contribution is 5.83. The summed E-state index contributed by atoms with van der Waals surface area (Å²) < 4.78 is 10.7. The first-order valence-electron chi connectivity index (χ1n) is 9.43. The summed E-state index contributed by atoms with van der Waals surface area (Å²) in [7, 11) is 1.94. The number of nitrogens with zero attached hydrogens (tertiary/aromatic N) is 1. The Morgan fingerprint density at radius 2 is 1.82 bits per heavy atom. The van der Waals surface area contributed by atoms with Crippen molar-refractivity contribution in [2.75, 3.05) is 20.4 Å². The SMILES string of the molecule is CC(NC(=O)CN(C)Cc1ccc2c(c1)OCO2)c1ccc2ccccc2c1. The van der Waals surface area contributed by atoms with Crippen LogP contribution < -0.4 is 14.8 Å². The van der Waals surface area contributed by atoms with Crippen LogP contribution >= 0.6 is 0 Å². The van der Waals surface area contributed by atoms with Crippen LogP contribution in [0.15, 0.2) is 60.7 Å². The molecule has 1 aliphatic heterocycles.